The number of amides is 1. The summed E-state index contributed by atoms with van der Waals surface area (Å²) in [6, 6.07) is 0. The van der Waals surface area contributed by atoms with Crippen LogP contribution in [0.15, 0.2) is 0 Å². The third-order valence-corrected chi connectivity index (χ3v) is 0.714. The smallest absolute Gasteiger partial charge is 0.222 e. The maximum Gasteiger partial charge on any atom is 0.398 e. The summed E-state index contributed by atoms with van der Waals surface area (Å²) in [7, 11) is 0. The van der Waals surface area contributed by atoms with Gasteiger partial charge in [0.15, 0.2) is 0 Å². The number of carbonyl (C=O) groups excluding carboxylic acids is 1. The van der Waals surface area contributed by atoms with E-state index in [1.54, 1.807) is 0 Å². The second kappa shape index (κ2) is 2.39. The van der Waals surface area contributed by atoms with Gasteiger partial charge in [0.25, 0.3) is 23.6 Å². The van der Waals surface area contributed by atoms with Gasteiger partial charge in [-0.15, -0.1) is 0 Å². The molecule has 0 aromatic heterocycles. The van der Waals surface area contributed by atoms with Crippen LogP contribution in [-0.4, -0.2) is 5.91 Å². The Labute approximate surface area is 45.9 Å². The average Bonchev–Trinajstić information content (AvgIpc) is 1.36. The van der Waals surface area contributed by atoms with Crippen molar-refractivity contribution in [2.75, 3.05) is 0 Å². The molecule has 0 N–H and O–H groups in total. The number of carbonyl (C=O) groups is 1. The molecule has 35 valence electrons. The Hall–Kier alpha value is 0.210. The molecule has 0 aromatic carbocycles. The minimum absolute atomic E-state index is 0.377. The number of halogens is 2. The van der Waals surface area contributed by atoms with Crippen molar-refractivity contribution < 1.29 is 4.79 Å². The van der Waals surface area contributed by atoms with Gasteiger partial charge in [-0.1, -0.05) is 0 Å². The number of hydrogen-bond acceptors (Lipinski definition) is 1. The van der Waals surface area contributed by atoms with Gasteiger partial charge in [0.2, 0.25) is 0 Å². The van der Waals surface area contributed by atoms with Gasteiger partial charge in [0, 0.05) is 0 Å². The summed E-state index contributed by atoms with van der Waals surface area (Å²) in [4.78, 5) is 9.81. The minimum atomic E-state index is -0.377. The van der Waals surface area contributed by atoms with E-state index in [2.05, 4.69) is 0 Å². The zero-order chi connectivity index (χ0) is 5.15. The van der Waals surface area contributed by atoms with E-state index in [0.29, 0.717) is 3.94 Å². The molecule has 1 radical (unpaired) electrons. The molecule has 6 heavy (non-hydrogen) atoms. The Bertz CT molecular complexity index is 62.6. The van der Waals surface area contributed by atoms with Crippen LogP contribution in [0, 0.1) is 0 Å². The Morgan fingerprint density at radius 1 is 1.67 bits per heavy atom. The third kappa shape index (κ3) is 2.45. The molecule has 0 saturated carbocycles. The fourth-order valence-electron chi connectivity index (χ4n) is 0. The van der Waals surface area contributed by atoms with Crippen LogP contribution in [0.4, 0.5) is 0 Å². The molecule has 2 nitrogen and oxygen atoms in total. The molecule has 0 unspecified atom stereocenters. The van der Waals surface area contributed by atoms with Crippen LogP contribution >= 0.6 is 23.6 Å². The Kier molecular flexibility index (Phi) is 2.48. The molecule has 4 heteroatoms. The van der Waals surface area contributed by atoms with Crippen molar-refractivity contribution in [2.24, 2.45) is 0 Å². The predicted molar refractivity (Wildman–Crippen MR) is 24.5 cm³/mol. The van der Waals surface area contributed by atoms with Crippen molar-refractivity contribution in [3.8, 4) is 0 Å². The normalized spacial score (nSPS) is 9.33. The summed E-state index contributed by atoms with van der Waals surface area (Å²) in [6.45, 7) is 1.26. The van der Waals surface area contributed by atoms with Crippen LogP contribution < -0.4 is 3.94 Å². The van der Waals surface area contributed by atoms with E-state index in [4.69, 9.17) is 23.6 Å². The van der Waals surface area contributed by atoms with Gasteiger partial charge in [-0.05, 0) is 0 Å². The van der Waals surface area contributed by atoms with Gasteiger partial charge < -0.3 is 0 Å². The third-order valence-electron chi connectivity index (χ3n) is 0.238. The SMILES string of the molecule is CC(=O)[N+](Cl)Cl. The van der Waals surface area contributed by atoms with E-state index in [0.717, 1.165) is 0 Å². The largest absolute Gasteiger partial charge is 0.398 e. The van der Waals surface area contributed by atoms with Crippen molar-refractivity contribution in [3.05, 3.63) is 0 Å². The highest BCUT2D eigenvalue weighted by Crippen LogP contribution is 1.90. The fourth-order valence-corrected chi connectivity index (χ4v) is 0. The first kappa shape index (κ1) is 6.21. The predicted octanol–water partition coefficient (Wildman–Crippen LogP) is 0.981. The standard InChI is InChI=1S/C2H3Cl2NO/c1-2(6)5(3)4/h1H3/q+1. The van der Waals surface area contributed by atoms with Gasteiger partial charge in [0.1, 0.15) is 3.94 Å². The van der Waals surface area contributed by atoms with E-state index in [1.807, 2.05) is 0 Å². The van der Waals surface area contributed by atoms with E-state index >= 15 is 0 Å². The van der Waals surface area contributed by atoms with E-state index in [-0.39, 0.29) is 5.91 Å². The molecular weight excluding hydrogens is 125 g/mol. The molecular formula is C2H3Cl2NO+. The molecule has 0 heterocycles. The maximum atomic E-state index is 9.81. The lowest BCUT2D eigenvalue weighted by Gasteiger charge is -1.71. The van der Waals surface area contributed by atoms with Gasteiger partial charge in [-0.3, -0.25) is 0 Å². The van der Waals surface area contributed by atoms with E-state index < -0.39 is 0 Å². The highest BCUT2D eigenvalue weighted by atomic mass is 35.5. The molecule has 0 saturated heterocycles. The summed E-state index contributed by atoms with van der Waals surface area (Å²) < 4.78 is 0.472. The average molecular weight is 128 g/mol. The first-order valence-corrected chi connectivity index (χ1v) is 1.94. The molecule has 0 aliphatic carbocycles. The summed E-state index contributed by atoms with van der Waals surface area (Å²) in [5, 5.41) is 0. The lowest BCUT2D eigenvalue weighted by Crippen LogP contribution is -2.10. The molecule has 0 aliphatic heterocycles. The van der Waals surface area contributed by atoms with Crippen molar-refractivity contribution in [2.45, 2.75) is 6.92 Å². The second-order valence-electron chi connectivity index (χ2n) is 0.752. The Morgan fingerprint density at radius 2 is 1.83 bits per heavy atom. The van der Waals surface area contributed by atoms with Crippen molar-refractivity contribution >= 4 is 29.5 Å². The second-order valence-corrected chi connectivity index (χ2v) is 1.60. The summed E-state index contributed by atoms with van der Waals surface area (Å²) >= 11 is 9.72. The molecule has 0 atom stereocenters. The summed E-state index contributed by atoms with van der Waals surface area (Å²) in [6.07, 6.45) is 0. The topological polar surface area (TPSA) is 23.0 Å². The lowest BCUT2D eigenvalue weighted by atomic mass is 10.8. The van der Waals surface area contributed by atoms with E-state index in [9.17, 15) is 4.79 Å². The Morgan fingerprint density at radius 3 is 1.83 bits per heavy atom. The van der Waals surface area contributed by atoms with Crippen molar-refractivity contribution in [1.29, 1.82) is 0 Å². The van der Waals surface area contributed by atoms with Crippen LogP contribution in [0.5, 0.6) is 0 Å². The highest BCUT2D eigenvalue weighted by Gasteiger charge is 2.14. The van der Waals surface area contributed by atoms with E-state index in [1.165, 1.54) is 6.92 Å². The maximum absolute atomic E-state index is 9.81. The first-order valence-electron chi connectivity index (χ1n) is 1.27. The van der Waals surface area contributed by atoms with Crippen LogP contribution in [-0.2, 0) is 4.79 Å². The number of rotatable bonds is 0. The van der Waals surface area contributed by atoms with Crippen LogP contribution in [0.3, 0.4) is 0 Å². The molecule has 0 bridgehead atoms. The monoisotopic (exact) mass is 127 g/mol. The molecule has 0 aromatic rings. The summed E-state index contributed by atoms with van der Waals surface area (Å²) in [5.41, 5.74) is 0. The van der Waals surface area contributed by atoms with Gasteiger partial charge in [0.05, 0.1) is 6.92 Å². The summed E-state index contributed by atoms with van der Waals surface area (Å²) in [5.74, 6) is -0.377. The molecule has 1 amide bonds. The van der Waals surface area contributed by atoms with Crippen LogP contribution in [0.2, 0.25) is 0 Å². The number of hydrogen-bond donors (Lipinski definition) is 0. The zero-order valence-electron chi connectivity index (χ0n) is 3.11. The molecule has 0 fully saturated rings. The first-order chi connectivity index (χ1) is 2.64. The molecule has 0 spiro atoms. The quantitative estimate of drug-likeness (QED) is 0.446. The van der Waals surface area contributed by atoms with Gasteiger partial charge >= 0.3 is 5.91 Å². The fraction of sp³-hybridized carbons (Fsp3) is 0.500. The number of nitrogens with zero attached hydrogens (tertiary/aromatic N) is 1. The van der Waals surface area contributed by atoms with Crippen LogP contribution in [0.1, 0.15) is 6.92 Å². The van der Waals surface area contributed by atoms with Crippen molar-refractivity contribution in [3.63, 3.8) is 0 Å². The zero-order valence-corrected chi connectivity index (χ0v) is 4.62. The molecule has 0 rings (SSSR count). The highest BCUT2D eigenvalue weighted by molar-refractivity contribution is 6.44. The van der Waals surface area contributed by atoms with Gasteiger partial charge in [-0.25, -0.2) is 4.79 Å². The lowest BCUT2D eigenvalue weighted by molar-refractivity contribution is -0.118. The van der Waals surface area contributed by atoms with Gasteiger partial charge in [-0.2, -0.15) is 0 Å². The Balaban J connectivity index is 3.26. The van der Waals surface area contributed by atoms with Crippen LogP contribution in [0.25, 0.3) is 0 Å². The minimum Gasteiger partial charge on any atom is -0.222 e. The van der Waals surface area contributed by atoms with Crippen molar-refractivity contribution in [1.82, 2.24) is 3.94 Å². The molecule has 0 aliphatic rings.